The number of ketones is 1. The lowest BCUT2D eigenvalue weighted by Crippen LogP contribution is -1.97. The molecule has 0 aliphatic rings. The average Bonchev–Trinajstić information content (AvgIpc) is 2.62. The first-order chi connectivity index (χ1) is 6.81. The van der Waals surface area contributed by atoms with E-state index in [1.165, 1.54) is 0 Å². The molecule has 0 bridgehead atoms. The third kappa shape index (κ3) is 1.40. The van der Waals surface area contributed by atoms with E-state index in [1.54, 1.807) is 0 Å². The number of aromatic nitrogens is 1. The second-order valence-corrected chi connectivity index (χ2v) is 3.10. The first-order valence-corrected chi connectivity index (χ1v) is 4.35. The maximum atomic E-state index is 11.1. The SMILES string of the molecule is C#CC(=O)Cc1c[nH]c2ccccc12. The summed E-state index contributed by atoms with van der Waals surface area (Å²) in [6.07, 6.45) is 7.16. The lowest BCUT2D eigenvalue weighted by atomic mass is 10.1. The summed E-state index contributed by atoms with van der Waals surface area (Å²) < 4.78 is 0. The van der Waals surface area contributed by atoms with Crippen molar-refractivity contribution in [3.05, 3.63) is 36.0 Å². The molecule has 0 aliphatic heterocycles. The first-order valence-electron chi connectivity index (χ1n) is 4.35. The van der Waals surface area contributed by atoms with Gasteiger partial charge in [-0.15, -0.1) is 6.42 Å². The van der Waals surface area contributed by atoms with Gasteiger partial charge in [0.05, 0.1) is 0 Å². The molecule has 0 saturated carbocycles. The summed E-state index contributed by atoms with van der Waals surface area (Å²) >= 11 is 0. The molecule has 68 valence electrons. The Hall–Kier alpha value is -2.01. The number of Topliss-reactive ketones (excluding diaryl/α,β-unsaturated/α-hetero) is 1. The van der Waals surface area contributed by atoms with Gasteiger partial charge in [0.1, 0.15) is 0 Å². The molecule has 14 heavy (non-hydrogen) atoms. The summed E-state index contributed by atoms with van der Waals surface area (Å²) in [6.45, 7) is 0. The normalized spacial score (nSPS) is 9.93. The predicted molar refractivity (Wildman–Crippen MR) is 55.8 cm³/mol. The third-order valence-electron chi connectivity index (χ3n) is 2.19. The molecule has 1 heterocycles. The van der Waals surface area contributed by atoms with Crippen molar-refractivity contribution in [1.82, 2.24) is 4.98 Å². The van der Waals surface area contributed by atoms with Crippen LogP contribution in [0.4, 0.5) is 0 Å². The van der Waals surface area contributed by atoms with Crippen LogP contribution in [-0.2, 0) is 11.2 Å². The largest absolute Gasteiger partial charge is 0.361 e. The molecule has 0 amide bonds. The molecule has 1 aromatic carbocycles. The van der Waals surface area contributed by atoms with Gasteiger partial charge in [-0.1, -0.05) is 18.2 Å². The molecule has 0 radical (unpaired) electrons. The Balaban J connectivity index is 2.44. The lowest BCUT2D eigenvalue weighted by molar-refractivity contribution is -0.113. The van der Waals surface area contributed by atoms with Gasteiger partial charge in [-0.2, -0.15) is 0 Å². The third-order valence-corrected chi connectivity index (χ3v) is 2.19. The molecule has 1 aromatic heterocycles. The van der Waals surface area contributed by atoms with Gasteiger partial charge in [-0.05, 0) is 17.6 Å². The summed E-state index contributed by atoms with van der Waals surface area (Å²) in [5.74, 6) is 1.93. The van der Waals surface area contributed by atoms with Crippen LogP contribution in [0.25, 0.3) is 10.9 Å². The molecular weight excluding hydrogens is 174 g/mol. The lowest BCUT2D eigenvalue weighted by Gasteiger charge is -1.93. The molecule has 0 atom stereocenters. The van der Waals surface area contributed by atoms with E-state index in [4.69, 9.17) is 6.42 Å². The maximum absolute atomic E-state index is 11.1. The van der Waals surface area contributed by atoms with Gasteiger partial charge in [0.2, 0.25) is 5.78 Å². The smallest absolute Gasteiger partial charge is 0.209 e. The molecule has 2 aromatic rings. The fraction of sp³-hybridized carbons (Fsp3) is 0.0833. The van der Waals surface area contributed by atoms with Crippen molar-refractivity contribution < 1.29 is 4.79 Å². The number of nitrogens with one attached hydrogen (secondary N) is 1. The van der Waals surface area contributed by atoms with E-state index in [-0.39, 0.29) is 5.78 Å². The van der Waals surface area contributed by atoms with Gasteiger partial charge < -0.3 is 4.98 Å². The van der Waals surface area contributed by atoms with Crippen molar-refractivity contribution in [2.75, 3.05) is 0 Å². The number of rotatable bonds is 2. The van der Waals surface area contributed by atoms with Gasteiger partial charge >= 0.3 is 0 Å². The first kappa shape index (κ1) is 8.58. The van der Waals surface area contributed by atoms with Crippen LogP contribution in [-0.4, -0.2) is 10.8 Å². The molecular formula is C12H9NO. The Labute approximate surface area is 81.9 Å². The number of H-pyrrole nitrogens is 1. The molecule has 2 heteroatoms. The van der Waals surface area contributed by atoms with Crippen LogP contribution in [0.1, 0.15) is 5.56 Å². The zero-order chi connectivity index (χ0) is 9.97. The fourth-order valence-electron chi connectivity index (χ4n) is 1.50. The summed E-state index contributed by atoms with van der Waals surface area (Å²) in [6, 6.07) is 7.84. The predicted octanol–water partition coefficient (Wildman–Crippen LogP) is 1.91. The van der Waals surface area contributed by atoms with E-state index < -0.39 is 0 Å². The van der Waals surface area contributed by atoms with Crippen LogP contribution in [0.3, 0.4) is 0 Å². The van der Waals surface area contributed by atoms with Crippen LogP contribution in [0.15, 0.2) is 30.5 Å². The number of hydrogen-bond donors (Lipinski definition) is 1. The van der Waals surface area contributed by atoms with Gasteiger partial charge in [0.25, 0.3) is 0 Å². The maximum Gasteiger partial charge on any atom is 0.209 e. The van der Waals surface area contributed by atoms with E-state index in [1.807, 2.05) is 30.5 Å². The highest BCUT2D eigenvalue weighted by Gasteiger charge is 2.05. The Bertz CT molecular complexity index is 516. The van der Waals surface area contributed by atoms with Crippen molar-refractivity contribution >= 4 is 16.7 Å². The number of carbonyl (C=O) groups is 1. The van der Waals surface area contributed by atoms with Crippen molar-refractivity contribution in [3.63, 3.8) is 0 Å². The minimum absolute atomic E-state index is 0.185. The standard InChI is InChI=1S/C12H9NO/c1-2-10(14)7-9-8-13-12-6-4-3-5-11(9)12/h1,3-6,8,13H,7H2. The topological polar surface area (TPSA) is 32.9 Å². The van der Waals surface area contributed by atoms with Crippen LogP contribution in [0.2, 0.25) is 0 Å². The van der Waals surface area contributed by atoms with Crippen LogP contribution < -0.4 is 0 Å². The number of aromatic amines is 1. The van der Waals surface area contributed by atoms with Crippen LogP contribution >= 0.6 is 0 Å². The van der Waals surface area contributed by atoms with Crippen molar-refractivity contribution in [2.24, 2.45) is 0 Å². The Kier molecular flexibility index (Phi) is 2.08. The second-order valence-electron chi connectivity index (χ2n) is 3.10. The van der Waals surface area contributed by atoms with Gasteiger partial charge in [-0.25, -0.2) is 0 Å². The Morgan fingerprint density at radius 1 is 1.43 bits per heavy atom. The molecule has 2 rings (SSSR count). The number of hydrogen-bond acceptors (Lipinski definition) is 1. The number of carbonyl (C=O) groups excluding carboxylic acids is 1. The fourth-order valence-corrected chi connectivity index (χ4v) is 1.50. The van der Waals surface area contributed by atoms with Crippen molar-refractivity contribution in [2.45, 2.75) is 6.42 Å². The summed E-state index contributed by atoms with van der Waals surface area (Å²) in [5.41, 5.74) is 2.00. The summed E-state index contributed by atoms with van der Waals surface area (Å²) in [4.78, 5) is 14.2. The zero-order valence-corrected chi connectivity index (χ0v) is 7.58. The molecule has 0 fully saturated rings. The zero-order valence-electron chi connectivity index (χ0n) is 7.58. The minimum Gasteiger partial charge on any atom is -0.361 e. The number of para-hydroxylation sites is 1. The molecule has 0 unspecified atom stereocenters. The number of fused-ring (bicyclic) bond motifs is 1. The van der Waals surface area contributed by atoms with Gasteiger partial charge in [0, 0.05) is 23.5 Å². The van der Waals surface area contributed by atoms with E-state index in [0.29, 0.717) is 6.42 Å². The number of benzene rings is 1. The average molecular weight is 183 g/mol. The van der Waals surface area contributed by atoms with E-state index >= 15 is 0 Å². The van der Waals surface area contributed by atoms with Crippen LogP contribution in [0, 0.1) is 12.3 Å². The molecule has 0 saturated heterocycles. The Morgan fingerprint density at radius 2 is 2.21 bits per heavy atom. The van der Waals surface area contributed by atoms with Gasteiger partial charge in [-0.3, -0.25) is 4.79 Å². The van der Waals surface area contributed by atoms with Gasteiger partial charge in [0.15, 0.2) is 0 Å². The Morgan fingerprint density at radius 3 is 3.00 bits per heavy atom. The van der Waals surface area contributed by atoms with E-state index in [0.717, 1.165) is 16.5 Å². The van der Waals surface area contributed by atoms with E-state index in [9.17, 15) is 4.79 Å². The van der Waals surface area contributed by atoms with Crippen LogP contribution in [0.5, 0.6) is 0 Å². The molecule has 0 spiro atoms. The number of terminal acetylenes is 1. The molecule has 0 aliphatic carbocycles. The highest BCUT2D eigenvalue weighted by molar-refractivity contribution is 5.99. The highest BCUT2D eigenvalue weighted by atomic mass is 16.1. The molecule has 1 N–H and O–H groups in total. The van der Waals surface area contributed by atoms with Crippen molar-refractivity contribution in [3.8, 4) is 12.3 Å². The molecule has 2 nitrogen and oxygen atoms in total. The second kappa shape index (κ2) is 3.39. The minimum atomic E-state index is -0.185. The summed E-state index contributed by atoms with van der Waals surface area (Å²) in [7, 11) is 0. The highest BCUT2D eigenvalue weighted by Crippen LogP contribution is 2.17. The quantitative estimate of drug-likeness (QED) is 0.560. The monoisotopic (exact) mass is 183 g/mol. The summed E-state index contributed by atoms with van der Waals surface area (Å²) in [5, 5.41) is 1.07. The van der Waals surface area contributed by atoms with Crippen molar-refractivity contribution in [1.29, 1.82) is 0 Å². The van der Waals surface area contributed by atoms with E-state index in [2.05, 4.69) is 10.9 Å².